The van der Waals surface area contributed by atoms with E-state index in [9.17, 15) is 0 Å². The van der Waals surface area contributed by atoms with Crippen molar-refractivity contribution in [2.45, 2.75) is 13.5 Å². The molecule has 2 aromatic heterocycles. The van der Waals surface area contributed by atoms with E-state index < -0.39 is 0 Å². The molecule has 0 aromatic carbocycles. The number of nitrogens with one attached hydrogen (secondary N) is 1. The van der Waals surface area contributed by atoms with Gasteiger partial charge in [0.2, 0.25) is 11.8 Å². The van der Waals surface area contributed by atoms with Gasteiger partial charge in [-0.1, -0.05) is 5.16 Å². The molecule has 7 nitrogen and oxygen atoms in total. The van der Waals surface area contributed by atoms with Gasteiger partial charge in [-0.15, -0.1) is 0 Å². The van der Waals surface area contributed by atoms with Crippen LogP contribution in [0.5, 0.6) is 0 Å². The normalized spacial score (nSPS) is 10.2. The Morgan fingerprint density at radius 1 is 1.47 bits per heavy atom. The number of nitrogen functional groups attached to an aromatic ring is 1. The summed E-state index contributed by atoms with van der Waals surface area (Å²) in [5.74, 6) is 1.97. The Bertz CT molecular complexity index is 454. The van der Waals surface area contributed by atoms with Crippen molar-refractivity contribution in [1.29, 1.82) is 0 Å². The fraction of sp³-hybridized carbons (Fsp3) is 0.250. The molecular formula is C8H10N6O. The minimum absolute atomic E-state index is 0.226. The Kier molecular flexibility index (Phi) is 2.44. The zero-order chi connectivity index (χ0) is 10.7. The van der Waals surface area contributed by atoms with Gasteiger partial charge in [0, 0.05) is 13.1 Å². The maximum Gasteiger partial charge on any atom is 0.223 e. The highest BCUT2D eigenvalue weighted by atomic mass is 16.5. The summed E-state index contributed by atoms with van der Waals surface area (Å²) in [6.45, 7) is 2.17. The second kappa shape index (κ2) is 3.91. The van der Waals surface area contributed by atoms with Crippen LogP contribution in [-0.4, -0.2) is 20.1 Å². The van der Waals surface area contributed by atoms with E-state index in [1.807, 2.05) is 0 Å². The molecule has 0 spiro atoms. The SMILES string of the molecule is Cc1nc(CNc2ccnc(N)n2)no1. The zero-order valence-corrected chi connectivity index (χ0v) is 8.14. The van der Waals surface area contributed by atoms with E-state index in [-0.39, 0.29) is 5.95 Å². The predicted molar refractivity (Wildman–Crippen MR) is 52.8 cm³/mol. The second-order valence-corrected chi connectivity index (χ2v) is 2.88. The van der Waals surface area contributed by atoms with Gasteiger partial charge in [-0.05, 0) is 6.07 Å². The number of hydrogen-bond donors (Lipinski definition) is 2. The van der Waals surface area contributed by atoms with Crippen molar-refractivity contribution in [3.63, 3.8) is 0 Å². The summed E-state index contributed by atoms with van der Waals surface area (Å²) in [5, 5.41) is 6.73. The molecule has 0 unspecified atom stereocenters. The predicted octanol–water partition coefficient (Wildman–Crippen LogP) is 0.362. The molecule has 0 radical (unpaired) electrons. The number of aryl methyl sites for hydroxylation is 1. The third kappa shape index (κ3) is 2.39. The molecule has 0 aliphatic heterocycles. The van der Waals surface area contributed by atoms with E-state index in [0.29, 0.717) is 24.1 Å². The van der Waals surface area contributed by atoms with Crippen LogP contribution in [0.15, 0.2) is 16.8 Å². The lowest BCUT2D eigenvalue weighted by Crippen LogP contribution is -2.04. The maximum atomic E-state index is 5.42. The van der Waals surface area contributed by atoms with Gasteiger partial charge in [0.25, 0.3) is 0 Å². The summed E-state index contributed by atoms with van der Waals surface area (Å²) >= 11 is 0. The van der Waals surface area contributed by atoms with Crippen molar-refractivity contribution < 1.29 is 4.52 Å². The quantitative estimate of drug-likeness (QED) is 0.747. The van der Waals surface area contributed by atoms with Gasteiger partial charge in [0.15, 0.2) is 5.82 Å². The van der Waals surface area contributed by atoms with Crippen LogP contribution < -0.4 is 11.1 Å². The molecule has 0 saturated carbocycles. The topological polar surface area (TPSA) is 103 Å². The Morgan fingerprint density at radius 3 is 3.00 bits per heavy atom. The van der Waals surface area contributed by atoms with Crippen LogP contribution in [-0.2, 0) is 6.54 Å². The highest BCUT2D eigenvalue weighted by molar-refractivity contribution is 5.37. The molecule has 15 heavy (non-hydrogen) atoms. The van der Waals surface area contributed by atoms with E-state index in [2.05, 4.69) is 25.4 Å². The van der Waals surface area contributed by atoms with Crippen LogP contribution >= 0.6 is 0 Å². The van der Waals surface area contributed by atoms with Gasteiger partial charge < -0.3 is 15.6 Å². The first-order valence-corrected chi connectivity index (χ1v) is 4.35. The van der Waals surface area contributed by atoms with E-state index in [0.717, 1.165) is 0 Å². The second-order valence-electron chi connectivity index (χ2n) is 2.88. The molecule has 78 valence electrons. The van der Waals surface area contributed by atoms with Gasteiger partial charge in [0.1, 0.15) is 5.82 Å². The van der Waals surface area contributed by atoms with Crippen LogP contribution in [0.25, 0.3) is 0 Å². The van der Waals surface area contributed by atoms with Crippen molar-refractivity contribution in [1.82, 2.24) is 20.1 Å². The lowest BCUT2D eigenvalue weighted by atomic mass is 10.5. The Balaban J connectivity index is 1.99. The molecular weight excluding hydrogens is 196 g/mol. The molecule has 0 aliphatic rings. The van der Waals surface area contributed by atoms with Crippen LogP contribution in [0.4, 0.5) is 11.8 Å². The van der Waals surface area contributed by atoms with Crippen molar-refractivity contribution in [3.05, 3.63) is 24.0 Å². The molecule has 0 aliphatic carbocycles. The summed E-state index contributed by atoms with van der Waals surface area (Å²) < 4.78 is 4.82. The van der Waals surface area contributed by atoms with E-state index in [1.54, 1.807) is 19.2 Å². The zero-order valence-electron chi connectivity index (χ0n) is 8.14. The first-order chi connectivity index (χ1) is 7.24. The Hall–Kier alpha value is -2.18. The lowest BCUT2D eigenvalue weighted by molar-refractivity contribution is 0.388. The third-order valence-corrected chi connectivity index (χ3v) is 1.67. The number of hydrogen-bond acceptors (Lipinski definition) is 7. The molecule has 0 atom stereocenters. The Morgan fingerprint density at radius 2 is 2.33 bits per heavy atom. The van der Waals surface area contributed by atoms with Crippen molar-refractivity contribution >= 4 is 11.8 Å². The highest BCUT2D eigenvalue weighted by Crippen LogP contribution is 2.04. The molecule has 2 aromatic rings. The molecule has 7 heteroatoms. The third-order valence-electron chi connectivity index (χ3n) is 1.67. The molecule has 0 amide bonds. The van der Waals surface area contributed by atoms with E-state index in [4.69, 9.17) is 10.3 Å². The van der Waals surface area contributed by atoms with Crippen LogP contribution in [0, 0.1) is 6.92 Å². The highest BCUT2D eigenvalue weighted by Gasteiger charge is 2.02. The van der Waals surface area contributed by atoms with Crippen LogP contribution in [0.1, 0.15) is 11.7 Å². The molecule has 0 fully saturated rings. The molecule has 0 saturated heterocycles. The summed E-state index contributed by atoms with van der Waals surface area (Å²) in [5.41, 5.74) is 5.42. The standard InChI is InChI=1S/C8H10N6O/c1-5-12-7(14-15-5)4-11-6-2-3-10-8(9)13-6/h2-3H,4H2,1H3,(H3,9,10,11,13). The summed E-state index contributed by atoms with van der Waals surface area (Å²) in [6, 6.07) is 1.71. The fourth-order valence-electron chi connectivity index (χ4n) is 1.05. The average molecular weight is 206 g/mol. The minimum atomic E-state index is 0.226. The summed E-state index contributed by atoms with van der Waals surface area (Å²) in [4.78, 5) is 11.8. The van der Waals surface area contributed by atoms with E-state index in [1.165, 1.54) is 0 Å². The first-order valence-electron chi connectivity index (χ1n) is 4.35. The van der Waals surface area contributed by atoms with Crippen LogP contribution in [0.3, 0.4) is 0 Å². The number of aromatic nitrogens is 4. The molecule has 2 rings (SSSR count). The van der Waals surface area contributed by atoms with Crippen molar-refractivity contribution in [2.24, 2.45) is 0 Å². The first kappa shape index (κ1) is 9.38. The van der Waals surface area contributed by atoms with Crippen molar-refractivity contribution in [3.8, 4) is 0 Å². The van der Waals surface area contributed by atoms with Gasteiger partial charge >= 0.3 is 0 Å². The molecule has 0 bridgehead atoms. The Labute approximate surface area is 85.7 Å². The largest absolute Gasteiger partial charge is 0.368 e. The van der Waals surface area contributed by atoms with Gasteiger partial charge in [-0.3, -0.25) is 0 Å². The van der Waals surface area contributed by atoms with Crippen molar-refractivity contribution in [2.75, 3.05) is 11.1 Å². The van der Waals surface area contributed by atoms with Gasteiger partial charge in [-0.2, -0.15) is 9.97 Å². The van der Waals surface area contributed by atoms with Crippen LogP contribution in [0.2, 0.25) is 0 Å². The average Bonchev–Trinajstić information content (AvgIpc) is 2.62. The molecule has 3 N–H and O–H groups in total. The monoisotopic (exact) mass is 206 g/mol. The summed E-state index contributed by atoms with van der Waals surface area (Å²) in [6.07, 6.45) is 1.58. The minimum Gasteiger partial charge on any atom is -0.368 e. The maximum absolute atomic E-state index is 5.42. The fourth-order valence-corrected chi connectivity index (χ4v) is 1.05. The number of anilines is 2. The number of rotatable bonds is 3. The van der Waals surface area contributed by atoms with E-state index >= 15 is 0 Å². The smallest absolute Gasteiger partial charge is 0.223 e. The van der Waals surface area contributed by atoms with Gasteiger partial charge in [0.05, 0.1) is 6.54 Å². The molecule has 2 heterocycles. The van der Waals surface area contributed by atoms with Gasteiger partial charge in [-0.25, -0.2) is 4.98 Å². The number of nitrogens with two attached hydrogens (primary N) is 1. The lowest BCUT2D eigenvalue weighted by Gasteiger charge is -2.01. The summed E-state index contributed by atoms with van der Waals surface area (Å²) in [7, 11) is 0. The number of nitrogens with zero attached hydrogens (tertiary/aromatic N) is 4.